The van der Waals surface area contributed by atoms with Crippen molar-refractivity contribution in [3.05, 3.63) is 34.3 Å². The molecule has 0 fully saturated rings. The van der Waals surface area contributed by atoms with Crippen LogP contribution in [0.2, 0.25) is 5.02 Å². The molecule has 0 amide bonds. The second kappa shape index (κ2) is 2.73. The van der Waals surface area contributed by atoms with Crippen molar-refractivity contribution in [3.63, 3.8) is 0 Å². The molecule has 1 aromatic rings. The molecule has 3 N–H and O–H groups in total. The molecule has 12 heavy (non-hydrogen) atoms. The van der Waals surface area contributed by atoms with Crippen LogP contribution in [0.3, 0.4) is 0 Å². The van der Waals surface area contributed by atoms with Crippen molar-refractivity contribution in [2.24, 2.45) is 5.73 Å². The number of fused-ring (bicyclic) bond motifs is 1. The van der Waals surface area contributed by atoms with Gasteiger partial charge < -0.3 is 10.8 Å². The van der Waals surface area contributed by atoms with Crippen LogP contribution in [-0.2, 0) is 6.42 Å². The van der Waals surface area contributed by atoms with Gasteiger partial charge in [0.05, 0.1) is 12.1 Å². The zero-order valence-electron chi connectivity index (χ0n) is 6.50. The summed E-state index contributed by atoms with van der Waals surface area (Å²) in [6.45, 7) is 0. The smallest absolute Gasteiger partial charge is 0.0773 e. The lowest BCUT2D eigenvalue weighted by atomic mass is 10.1. The normalized spacial score (nSPS) is 27.2. The van der Waals surface area contributed by atoms with Gasteiger partial charge in [-0.05, 0) is 23.3 Å². The highest BCUT2D eigenvalue weighted by molar-refractivity contribution is 6.30. The Hall–Kier alpha value is -0.570. The van der Waals surface area contributed by atoms with E-state index in [9.17, 15) is 5.11 Å². The Labute approximate surface area is 76.0 Å². The van der Waals surface area contributed by atoms with Gasteiger partial charge in [-0.25, -0.2) is 0 Å². The van der Waals surface area contributed by atoms with Gasteiger partial charge in [-0.3, -0.25) is 0 Å². The maximum atomic E-state index is 9.44. The maximum Gasteiger partial charge on any atom is 0.0773 e. The molecule has 1 aliphatic carbocycles. The molecule has 0 bridgehead atoms. The van der Waals surface area contributed by atoms with Crippen LogP contribution in [0.25, 0.3) is 0 Å². The summed E-state index contributed by atoms with van der Waals surface area (Å²) in [5.41, 5.74) is 7.84. The predicted octanol–water partition coefficient (Wildman–Crippen LogP) is 1.26. The monoisotopic (exact) mass is 183 g/mol. The molecule has 0 spiro atoms. The first-order valence-electron chi connectivity index (χ1n) is 3.90. The minimum atomic E-state index is -0.446. The number of nitrogens with two attached hydrogens (primary N) is 1. The molecule has 0 heterocycles. The fraction of sp³-hybridized carbons (Fsp3) is 0.333. The van der Waals surface area contributed by atoms with E-state index in [1.807, 2.05) is 18.2 Å². The number of benzene rings is 1. The van der Waals surface area contributed by atoms with Crippen molar-refractivity contribution in [1.82, 2.24) is 0 Å². The minimum Gasteiger partial charge on any atom is -0.391 e. The van der Waals surface area contributed by atoms with Crippen LogP contribution in [0, 0.1) is 0 Å². The van der Waals surface area contributed by atoms with Crippen LogP contribution in [0.15, 0.2) is 18.2 Å². The average molecular weight is 184 g/mol. The molecule has 0 unspecified atom stereocenters. The highest BCUT2D eigenvalue weighted by atomic mass is 35.5. The first-order chi connectivity index (χ1) is 5.68. The van der Waals surface area contributed by atoms with Crippen molar-refractivity contribution in [1.29, 1.82) is 0 Å². The number of hydrogen-bond acceptors (Lipinski definition) is 2. The first kappa shape index (κ1) is 8.05. The lowest BCUT2D eigenvalue weighted by Gasteiger charge is -2.08. The van der Waals surface area contributed by atoms with E-state index in [0.29, 0.717) is 11.4 Å². The minimum absolute atomic E-state index is 0.265. The third-order valence-electron chi connectivity index (χ3n) is 2.31. The van der Waals surface area contributed by atoms with E-state index in [2.05, 4.69) is 0 Å². The quantitative estimate of drug-likeness (QED) is 0.636. The van der Waals surface area contributed by atoms with Crippen LogP contribution in [-0.4, -0.2) is 11.2 Å². The van der Waals surface area contributed by atoms with E-state index in [0.717, 1.165) is 11.1 Å². The molecule has 0 aliphatic heterocycles. The van der Waals surface area contributed by atoms with E-state index in [-0.39, 0.29) is 6.04 Å². The van der Waals surface area contributed by atoms with Crippen LogP contribution in [0.5, 0.6) is 0 Å². The Morgan fingerprint density at radius 1 is 1.50 bits per heavy atom. The van der Waals surface area contributed by atoms with E-state index in [4.69, 9.17) is 17.3 Å². The highest BCUT2D eigenvalue weighted by Crippen LogP contribution is 2.31. The first-order valence-corrected chi connectivity index (χ1v) is 4.28. The van der Waals surface area contributed by atoms with E-state index in [1.165, 1.54) is 0 Å². The zero-order chi connectivity index (χ0) is 8.72. The fourth-order valence-electron chi connectivity index (χ4n) is 1.62. The van der Waals surface area contributed by atoms with E-state index >= 15 is 0 Å². The number of hydrogen-bond donors (Lipinski definition) is 2. The summed E-state index contributed by atoms with van der Waals surface area (Å²) in [5.74, 6) is 0. The number of aliphatic hydroxyl groups excluding tert-OH is 1. The van der Waals surface area contributed by atoms with E-state index in [1.54, 1.807) is 0 Å². The molecule has 2 atom stereocenters. The molecule has 2 nitrogen and oxygen atoms in total. The number of halogens is 1. The molecule has 0 saturated carbocycles. The van der Waals surface area contributed by atoms with Gasteiger partial charge >= 0.3 is 0 Å². The summed E-state index contributed by atoms with van der Waals surface area (Å²) < 4.78 is 0. The molecule has 1 aliphatic rings. The Balaban J connectivity index is 2.48. The Morgan fingerprint density at radius 2 is 2.25 bits per heavy atom. The van der Waals surface area contributed by atoms with Gasteiger partial charge in [0.2, 0.25) is 0 Å². The summed E-state index contributed by atoms with van der Waals surface area (Å²) in [5, 5.41) is 10.1. The summed E-state index contributed by atoms with van der Waals surface area (Å²) in [4.78, 5) is 0. The zero-order valence-corrected chi connectivity index (χ0v) is 7.25. The van der Waals surface area contributed by atoms with Crippen molar-refractivity contribution < 1.29 is 5.11 Å². The fourth-order valence-corrected chi connectivity index (χ4v) is 1.80. The summed E-state index contributed by atoms with van der Waals surface area (Å²) in [6, 6.07) is 5.31. The van der Waals surface area contributed by atoms with Gasteiger partial charge in [0.15, 0.2) is 0 Å². The number of aliphatic hydroxyl groups is 1. The molecule has 3 heteroatoms. The van der Waals surface area contributed by atoms with Crippen LogP contribution in [0.1, 0.15) is 17.2 Å². The van der Waals surface area contributed by atoms with E-state index < -0.39 is 6.10 Å². The predicted molar refractivity (Wildman–Crippen MR) is 48.1 cm³/mol. The summed E-state index contributed by atoms with van der Waals surface area (Å²) >= 11 is 5.80. The van der Waals surface area contributed by atoms with Gasteiger partial charge in [0.1, 0.15) is 0 Å². The highest BCUT2D eigenvalue weighted by Gasteiger charge is 2.27. The molecule has 2 rings (SSSR count). The Bertz CT molecular complexity index is 313. The van der Waals surface area contributed by atoms with Crippen LogP contribution >= 0.6 is 11.6 Å². The third kappa shape index (κ3) is 1.12. The Kier molecular flexibility index (Phi) is 1.83. The van der Waals surface area contributed by atoms with Gasteiger partial charge in [0, 0.05) is 11.4 Å². The lowest BCUT2D eigenvalue weighted by Crippen LogP contribution is -2.21. The topological polar surface area (TPSA) is 46.2 Å². The van der Waals surface area contributed by atoms with Crippen molar-refractivity contribution >= 4 is 11.6 Å². The molecule has 0 saturated heterocycles. The second-order valence-corrected chi connectivity index (χ2v) is 3.58. The van der Waals surface area contributed by atoms with Crippen molar-refractivity contribution in [2.45, 2.75) is 18.6 Å². The van der Waals surface area contributed by atoms with Crippen LogP contribution in [0.4, 0.5) is 0 Å². The second-order valence-electron chi connectivity index (χ2n) is 3.14. The van der Waals surface area contributed by atoms with Crippen molar-refractivity contribution in [3.8, 4) is 0 Å². The summed E-state index contributed by atoms with van der Waals surface area (Å²) in [6.07, 6.45) is 0.201. The molecular weight excluding hydrogens is 174 g/mol. The average Bonchev–Trinajstić information content (AvgIpc) is 2.31. The van der Waals surface area contributed by atoms with Gasteiger partial charge in [-0.2, -0.15) is 0 Å². The lowest BCUT2D eigenvalue weighted by molar-refractivity contribution is 0.158. The standard InChI is InChI=1S/C9H10ClNO/c10-6-2-1-5-3-8(12)9(11)7(5)4-6/h1-2,4,8-9,12H,3,11H2/t8-,9-/m0/s1. The molecular formula is C9H10ClNO. The summed E-state index contributed by atoms with van der Waals surface area (Å²) in [7, 11) is 0. The van der Waals surface area contributed by atoms with Gasteiger partial charge in [0.25, 0.3) is 0 Å². The maximum absolute atomic E-state index is 9.44. The van der Waals surface area contributed by atoms with Crippen LogP contribution < -0.4 is 5.73 Å². The molecule has 0 radical (unpaired) electrons. The SMILES string of the molecule is N[C@H]1c2cc(Cl)ccc2C[C@@H]1O. The van der Waals surface area contributed by atoms with Gasteiger partial charge in [-0.1, -0.05) is 17.7 Å². The molecule has 0 aromatic heterocycles. The third-order valence-corrected chi connectivity index (χ3v) is 2.55. The van der Waals surface area contributed by atoms with Crippen molar-refractivity contribution in [2.75, 3.05) is 0 Å². The van der Waals surface area contributed by atoms with Gasteiger partial charge in [-0.15, -0.1) is 0 Å². The largest absolute Gasteiger partial charge is 0.391 e. The molecule has 1 aromatic carbocycles. The molecule has 64 valence electrons. The Morgan fingerprint density at radius 3 is 3.00 bits per heavy atom. The number of rotatable bonds is 0.